The molecule has 0 N–H and O–H groups in total. The maximum Gasteiger partial charge on any atom is 0.132 e. The van der Waals surface area contributed by atoms with Crippen molar-refractivity contribution in [3.8, 4) is 0 Å². The summed E-state index contributed by atoms with van der Waals surface area (Å²) in [6.45, 7) is 0. The molecule has 0 atom stereocenters. The lowest BCUT2D eigenvalue weighted by Crippen LogP contribution is -1.72. The predicted molar refractivity (Wildman–Crippen MR) is 34.0 cm³/mol. The van der Waals surface area contributed by atoms with Crippen LogP contribution in [-0.4, -0.2) is 14.3 Å². The van der Waals surface area contributed by atoms with Gasteiger partial charge in [-0.15, -0.1) is 0 Å². The Morgan fingerprint density at radius 1 is 1.56 bits per heavy atom. The Balaban J connectivity index is 2.95. The molecule has 0 amide bonds. The van der Waals surface area contributed by atoms with Crippen molar-refractivity contribution < 1.29 is 0 Å². The van der Waals surface area contributed by atoms with E-state index in [-0.39, 0.29) is 0 Å². The van der Waals surface area contributed by atoms with E-state index in [1.54, 1.807) is 6.20 Å². The van der Waals surface area contributed by atoms with Gasteiger partial charge in [-0.25, -0.2) is 9.97 Å². The van der Waals surface area contributed by atoms with Crippen molar-refractivity contribution in [3.63, 3.8) is 0 Å². The van der Waals surface area contributed by atoms with Crippen LogP contribution in [0.3, 0.4) is 0 Å². The van der Waals surface area contributed by atoms with E-state index in [9.17, 15) is 0 Å². The Labute approximate surface area is 55.6 Å². The van der Waals surface area contributed by atoms with Crippen molar-refractivity contribution in [2.45, 2.75) is 0 Å². The Morgan fingerprint density at radius 2 is 2.56 bits per heavy atom. The highest BCUT2D eigenvalue weighted by molar-refractivity contribution is 7.13. The third kappa shape index (κ3) is 0.675. The molecule has 0 aliphatic heterocycles. The molecule has 0 saturated heterocycles. The van der Waals surface area contributed by atoms with Gasteiger partial charge in [0.2, 0.25) is 0 Å². The minimum absolute atomic E-state index is 0.801. The first-order valence-electron chi connectivity index (χ1n) is 2.40. The molecule has 0 fully saturated rings. The van der Waals surface area contributed by atoms with Gasteiger partial charge in [0, 0.05) is 6.20 Å². The Kier molecular flexibility index (Phi) is 0.927. The summed E-state index contributed by atoms with van der Waals surface area (Å²) in [7, 11) is 0. The lowest BCUT2D eigenvalue weighted by molar-refractivity contribution is 1.23. The molecule has 0 saturated carbocycles. The number of hydrogen-bond donors (Lipinski definition) is 0. The summed E-state index contributed by atoms with van der Waals surface area (Å²) in [5.41, 5.74) is 0.801. The van der Waals surface area contributed by atoms with E-state index >= 15 is 0 Å². The van der Waals surface area contributed by atoms with Crippen molar-refractivity contribution in [3.05, 3.63) is 18.7 Å². The summed E-state index contributed by atoms with van der Waals surface area (Å²) < 4.78 is 4.80. The third-order valence-electron chi connectivity index (χ3n) is 0.974. The largest absolute Gasteiger partial charge is 0.243 e. The number of rotatable bonds is 0. The Hall–Kier alpha value is -1.03. The number of fused-ring (bicyclic) bond motifs is 1. The van der Waals surface area contributed by atoms with Crippen LogP contribution < -0.4 is 0 Å². The molecule has 0 aliphatic carbocycles. The molecule has 0 bridgehead atoms. The van der Waals surface area contributed by atoms with Gasteiger partial charge in [-0.05, 0) is 11.5 Å². The molecule has 3 nitrogen and oxygen atoms in total. The molecule has 0 aromatic carbocycles. The molecular weight excluding hydrogens is 134 g/mol. The van der Waals surface area contributed by atoms with Gasteiger partial charge in [-0.2, -0.15) is 4.37 Å². The Bertz CT molecular complexity index is 286. The molecule has 0 unspecified atom stereocenters. The van der Waals surface area contributed by atoms with E-state index in [0.29, 0.717) is 0 Å². The van der Waals surface area contributed by atoms with Crippen molar-refractivity contribution in [2.24, 2.45) is 0 Å². The molecule has 1 radical (unpaired) electrons. The maximum atomic E-state index is 3.92. The molecule has 43 valence electrons. The SMILES string of the molecule is [c]1nsc2cncnc12. The molecule has 0 spiro atoms. The van der Waals surface area contributed by atoms with Crippen LogP contribution in [0.25, 0.3) is 10.2 Å². The van der Waals surface area contributed by atoms with Crippen molar-refractivity contribution >= 4 is 21.7 Å². The smallest absolute Gasteiger partial charge is 0.132 e. The van der Waals surface area contributed by atoms with Crippen LogP contribution >= 0.6 is 11.5 Å². The lowest BCUT2D eigenvalue weighted by Gasteiger charge is -1.78. The van der Waals surface area contributed by atoms with Crippen LogP contribution in [0.4, 0.5) is 0 Å². The van der Waals surface area contributed by atoms with Crippen LogP contribution in [-0.2, 0) is 0 Å². The normalized spacial score (nSPS) is 10.2. The van der Waals surface area contributed by atoms with Gasteiger partial charge in [0.25, 0.3) is 0 Å². The fourth-order valence-corrected chi connectivity index (χ4v) is 1.11. The fraction of sp³-hybridized carbons (Fsp3) is 0. The monoisotopic (exact) mass is 136 g/mol. The molecule has 0 aliphatic rings. The minimum Gasteiger partial charge on any atom is -0.243 e. The Morgan fingerprint density at radius 3 is 3.44 bits per heavy atom. The van der Waals surface area contributed by atoms with Gasteiger partial charge < -0.3 is 0 Å². The van der Waals surface area contributed by atoms with Crippen LogP contribution in [0, 0.1) is 6.20 Å². The highest BCUT2D eigenvalue weighted by Gasteiger charge is 1.93. The van der Waals surface area contributed by atoms with Crippen molar-refractivity contribution in [1.29, 1.82) is 0 Å². The third-order valence-corrected chi connectivity index (χ3v) is 1.65. The summed E-state index contributed by atoms with van der Waals surface area (Å²) in [5, 5.41) is 0. The predicted octanol–water partition coefficient (Wildman–Crippen LogP) is 0.886. The fourth-order valence-electron chi connectivity index (χ4n) is 0.583. The summed E-state index contributed by atoms with van der Waals surface area (Å²) >= 11 is 1.36. The molecule has 2 aromatic rings. The first-order chi connectivity index (χ1) is 4.47. The summed E-state index contributed by atoms with van der Waals surface area (Å²) in [6, 6.07) is 0. The van der Waals surface area contributed by atoms with Gasteiger partial charge in [0.05, 0.1) is 4.70 Å². The van der Waals surface area contributed by atoms with E-state index in [0.717, 1.165) is 10.2 Å². The van der Waals surface area contributed by atoms with E-state index in [4.69, 9.17) is 0 Å². The average Bonchev–Trinajstić information content (AvgIpc) is 2.33. The first-order valence-corrected chi connectivity index (χ1v) is 3.17. The van der Waals surface area contributed by atoms with Gasteiger partial charge in [0.1, 0.15) is 18.0 Å². The summed E-state index contributed by atoms with van der Waals surface area (Å²) in [5.74, 6) is 0. The van der Waals surface area contributed by atoms with E-state index < -0.39 is 0 Å². The zero-order valence-electron chi connectivity index (χ0n) is 4.40. The maximum absolute atomic E-state index is 3.92. The molecule has 2 aromatic heterocycles. The van der Waals surface area contributed by atoms with Crippen molar-refractivity contribution in [1.82, 2.24) is 14.3 Å². The second-order valence-corrected chi connectivity index (χ2v) is 2.33. The van der Waals surface area contributed by atoms with E-state index in [1.165, 1.54) is 17.9 Å². The van der Waals surface area contributed by atoms with Crippen LogP contribution in [0.1, 0.15) is 0 Å². The minimum atomic E-state index is 0.801. The quantitative estimate of drug-likeness (QED) is 0.539. The number of hydrogen-bond acceptors (Lipinski definition) is 4. The summed E-state index contributed by atoms with van der Waals surface area (Å²) in [4.78, 5) is 7.75. The number of nitrogens with zero attached hydrogens (tertiary/aromatic N) is 3. The number of aromatic nitrogens is 3. The molecule has 2 rings (SSSR count). The van der Waals surface area contributed by atoms with Crippen LogP contribution in [0.2, 0.25) is 0 Å². The first kappa shape index (κ1) is 4.81. The lowest BCUT2D eigenvalue weighted by atomic mass is 10.5. The molecule has 4 heteroatoms. The van der Waals surface area contributed by atoms with Crippen LogP contribution in [0.15, 0.2) is 12.5 Å². The zero-order valence-corrected chi connectivity index (χ0v) is 5.22. The van der Waals surface area contributed by atoms with Gasteiger partial charge in [-0.1, -0.05) is 0 Å². The van der Waals surface area contributed by atoms with Gasteiger partial charge in [0.15, 0.2) is 0 Å². The topological polar surface area (TPSA) is 38.7 Å². The second-order valence-electron chi connectivity index (χ2n) is 1.53. The van der Waals surface area contributed by atoms with Gasteiger partial charge in [-0.3, -0.25) is 0 Å². The molecular formula is C5H2N3S. The standard InChI is InChI=1S/C5H2N3S/c1-4-5(9-8-1)2-6-3-7-4/h2-3H. The highest BCUT2D eigenvalue weighted by atomic mass is 32.1. The average molecular weight is 136 g/mol. The second kappa shape index (κ2) is 1.73. The molecule has 2 heterocycles. The van der Waals surface area contributed by atoms with Crippen molar-refractivity contribution in [2.75, 3.05) is 0 Å². The van der Waals surface area contributed by atoms with E-state index in [1.807, 2.05) is 0 Å². The van der Waals surface area contributed by atoms with E-state index in [2.05, 4.69) is 20.5 Å². The van der Waals surface area contributed by atoms with Crippen LogP contribution in [0.5, 0.6) is 0 Å². The zero-order chi connectivity index (χ0) is 6.10. The summed E-state index contributed by atoms with van der Waals surface area (Å²) in [6.07, 6.45) is 5.96. The van der Waals surface area contributed by atoms with Gasteiger partial charge >= 0.3 is 0 Å². The molecule has 9 heavy (non-hydrogen) atoms. The highest BCUT2D eigenvalue weighted by Crippen LogP contribution is 2.10.